The van der Waals surface area contributed by atoms with Crippen molar-refractivity contribution < 1.29 is 14.3 Å². The van der Waals surface area contributed by atoms with Gasteiger partial charge in [0.15, 0.2) is 0 Å². The fourth-order valence-corrected chi connectivity index (χ4v) is 1.83. The molecule has 19 heavy (non-hydrogen) atoms. The van der Waals surface area contributed by atoms with Crippen LogP contribution in [0.4, 0.5) is 0 Å². The maximum absolute atomic E-state index is 10.7. The summed E-state index contributed by atoms with van der Waals surface area (Å²) in [4.78, 5) is 10.7. The van der Waals surface area contributed by atoms with Crippen molar-refractivity contribution >= 4 is 5.91 Å². The molecule has 0 atom stereocenters. The van der Waals surface area contributed by atoms with E-state index in [2.05, 4.69) is 10.6 Å². The second-order valence-corrected chi connectivity index (χ2v) is 4.31. The molecule has 5 nitrogen and oxygen atoms in total. The minimum absolute atomic E-state index is 0.0210. The van der Waals surface area contributed by atoms with Crippen LogP contribution in [0.15, 0.2) is 12.1 Å². The molecule has 0 radical (unpaired) electrons. The van der Waals surface area contributed by atoms with Crippen LogP contribution in [0, 0.1) is 6.92 Å². The van der Waals surface area contributed by atoms with Crippen LogP contribution < -0.4 is 20.1 Å². The predicted molar refractivity (Wildman–Crippen MR) is 74.7 cm³/mol. The van der Waals surface area contributed by atoms with E-state index < -0.39 is 0 Å². The van der Waals surface area contributed by atoms with Crippen molar-refractivity contribution in [3.63, 3.8) is 0 Å². The van der Waals surface area contributed by atoms with Gasteiger partial charge in [0.1, 0.15) is 11.5 Å². The smallest absolute Gasteiger partial charge is 0.216 e. The number of benzene rings is 1. The summed E-state index contributed by atoms with van der Waals surface area (Å²) in [7, 11) is 3.30. The number of hydrogen-bond acceptors (Lipinski definition) is 4. The van der Waals surface area contributed by atoms with Gasteiger partial charge in [-0.15, -0.1) is 0 Å². The molecule has 0 aliphatic heterocycles. The van der Waals surface area contributed by atoms with Crippen molar-refractivity contribution in [3.05, 3.63) is 23.3 Å². The summed E-state index contributed by atoms with van der Waals surface area (Å²) in [5.74, 6) is 1.60. The average molecular weight is 266 g/mol. The highest BCUT2D eigenvalue weighted by atomic mass is 16.5. The highest BCUT2D eigenvalue weighted by Crippen LogP contribution is 2.30. The van der Waals surface area contributed by atoms with Gasteiger partial charge < -0.3 is 20.1 Å². The van der Waals surface area contributed by atoms with Gasteiger partial charge in [-0.3, -0.25) is 4.79 Å². The van der Waals surface area contributed by atoms with Crippen LogP contribution in [0.25, 0.3) is 0 Å². The fraction of sp³-hybridized carbons (Fsp3) is 0.500. The zero-order chi connectivity index (χ0) is 14.3. The normalized spacial score (nSPS) is 10.1. The second kappa shape index (κ2) is 7.63. The molecule has 0 aromatic heterocycles. The molecule has 0 spiro atoms. The number of carbonyl (C=O) groups excluding carboxylic acids is 1. The minimum atomic E-state index is -0.0210. The molecule has 0 bridgehead atoms. The van der Waals surface area contributed by atoms with Crippen molar-refractivity contribution in [3.8, 4) is 11.5 Å². The van der Waals surface area contributed by atoms with Crippen molar-refractivity contribution in [2.75, 3.05) is 27.3 Å². The van der Waals surface area contributed by atoms with E-state index in [1.807, 2.05) is 19.1 Å². The third-order valence-corrected chi connectivity index (χ3v) is 2.73. The summed E-state index contributed by atoms with van der Waals surface area (Å²) in [6.45, 7) is 5.43. The van der Waals surface area contributed by atoms with Gasteiger partial charge in [-0.25, -0.2) is 0 Å². The number of nitrogens with one attached hydrogen (secondary N) is 2. The van der Waals surface area contributed by atoms with Gasteiger partial charge in [-0.05, 0) is 24.6 Å². The maximum Gasteiger partial charge on any atom is 0.216 e. The Morgan fingerprint density at radius 1 is 1.16 bits per heavy atom. The van der Waals surface area contributed by atoms with Gasteiger partial charge in [0.2, 0.25) is 5.91 Å². The van der Waals surface area contributed by atoms with E-state index in [1.54, 1.807) is 14.2 Å². The average Bonchev–Trinajstić information content (AvgIpc) is 2.38. The highest BCUT2D eigenvalue weighted by Gasteiger charge is 2.10. The van der Waals surface area contributed by atoms with E-state index in [0.717, 1.165) is 22.6 Å². The van der Waals surface area contributed by atoms with Crippen LogP contribution in [-0.2, 0) is 11.3 Å². The van der Waals surface area contributed by atoms with Gasteiger partial charge in [-0.1, -0.05) is 0 Å². The molecule has 0 heterocycles. The lowest BCUT2D eigenvalue weighted by Crippen LogP contribution is -2.30. The molecular formula is C14H22N2O3. The number of methoxy groups -OCH3 is 2. The van der Waals surface area contributed by atoms with Gasteiger partial charge in [0.25, 0.3) is 0 Å². The number of rotatable bonds is 7. The van der Waals surface area contributed by atoms with Crippen molar-refractivity contribution in [2.45, 2.75) is 20.4 Å². The molecule has 5 heteroatoms. The molecule has 0 fully saturated rings. The Morgan fingerprint density at radius 2 is 1.74 bits per heavy atom. The Hall–Kier alpha value is -1.75. The maximum atomic E-state index is 10.7. The van der Waals surface area contributed by atoms with E-state index in [4.69, 9.17) is 9.47 Å². The Bertz CT molecular complexity index is 408. The van der Waals surface area contributed by atoms with Crippen LogP contribution in [0.1, 0.15) is 18.1 Å². The van der Waals surface area contributed by atoms with Gasteiger partial charge >= 0.3 is 0 Å². The summed E-state index contributed by atoms with van der Waals surface area (Å²) in [6.07, 6.45) is 0. The molecule has 0 saturated heterocycles. The lowest BCUT2D eigenvalue weighted by molar-refractivity contribution is -0.118. The van der Waals surface area contributed by atoms with E-state index in [-0.39, 0.29) is 5.91 Å². The first-order valence-corrected chi connectivity index (χ1v) is 6.25. The SMILES string of the molecule is COc1cc(C)cc(OC)c1CNCCNC(C)=O. The molecule has 2 N–H and O–H groups in total. The molecule has 0 saturated carbocycles. The van der Waals surface area contributed by atoms with E-state index in [0.29, 0.717) is 19.6 Å². The Morgan fingerprint density at radius 3 is 2.21 bits per heavy atom. The fourth-order valence-electron chi connectivity index (χ4n) is 1.83. The van der Waals surface area contributed by atoms with Crippen LogP contribution >= 0.6 is 0 Å². The summed E-state index contributed by atoms with van der Waals surface area (Å²) in [5.41, 5.74) is 2.08. The van der Waals surface area contributed by atoms with E-state index in [1.165, 1.54) is 6.92 Å². The zero-order valence-electron chi connectivity index (χ0n) is 12.0. The monoisotopic (exact) mass is 266 g/mol. The molecule has 1 rings (SSSR count). The number of carbonyl (C=O) groups is 1. The topological polar surface area (TPSA) is 59.6 Å². The molecule has 0 aliphatic carbocycles. The standard InChI is InChI=1S/C14H22N2O3/c1-10-7-13(18-3)12(14(8-10)19-4)9-15-5-6-16-11(2)17/h7-8,15H,5-6,9H2,1-4H3,(H,16,17). The molecule has 1 aromatic carbocycles. The number of hydrogen-bond donors (Lipinski definition) is 2. The summed E-state index contributed by atoms with van der Waals surface area (Å²) in [5, 5.41) is 5.99. The largest absolute Gasteiger partial charge is 0.496 e. The lowest BCUT2D eigenvalue weighted by Gasteiger charge is -2.15. The van der Waals surface area contributed by atoms with E-state index in [9.17, 15) is 4.79 Å². The number of aryl methyl sites for hydroxylation is 1. The molecule has 0 aliphatic rings. The van der Waals surface area contributed by atoms with Crippen LogP contribution in [0.5, 0.6) is 11.5 Å². The Labute approximate surface area is 114 Å². The molecule has 1 aromatic rings. The zero-order valence-corrected chi connectivity index (χ0v) is 12.0. The van der Waals surface area contributed by atoms with Crippen molar-refractivity contribution in [2.24, 2.45) is 0 Å². The second-order valence-electron chi connectivity index (χ2n) is 4.31. The Balaban J connectivity index is 2.63. The van der Waals surface area contributed by atoms with Crippen molar-refractivity contribution in [1.29, 1.82) is 0 Å². The summed E-state index contributed by atoms with van der Waals surface area (Å²) in [6, 6.07) is 3.96. The first-order valence-electron chi connectivity index (χ1n) is 6.25. The van der Waals surface area contributed by atoms with Crippen LogP contribution in [0.3, 0.4) is 0 Å². The summed E-state index contributed by atoms with van der Waals surface area (Å²) >= 11 is 0. The quantitative estimate of drug-likeness (QED) is 0.729. The van der Waals surface area contributed by atoms with Gasteiger partial charge in [0.05, 0.1) is 14.2 Å². The third kappa shape index (κ3) is 4.79. The molecule has 106 valence electrons. The predicted octanol–water partition coefficient (Wildman–Crippen LogP) is 1.24. The van der Waals surface area contributed by atoms with Crippen molar-refractivity contribution in [1.82, 2.24) is 10.6 Å². The van der Waals surface area contributed by atoms with Crippen LogP contribution in [0.2, 0.25) is 0 Å². The lowest BCUT2D eigenvalue weighted by atomic mass is 10.1. The number of amides is 1. The molecular weight excluding hydrogens is 244 g/mol. The summed E-state index contributed by atoms with van der Waals surface area (Å²) < 4.78 is 10.7. The van der Waals surface area contributed by atoms with Crippen LogP contribution in [-0.4, -0.2) is 33.2 Å². The third-order valence-electron chi connectivity index (χ3n) is 2.73. The number of ether oxygens (including phenoxy) is 2. The van der Waals surface area contributed by atoms with Gasteiger partial charge in [-0.2, -0.15) is 0 Å². The minimum Gasteiger partial charge on any atom is -0.496 e. The molecule has 0 unspecified atom stereocenters. The van der Waals surface area contributed by atoms with E-state index >= 15 is 0 Å². The molecule has 1 amide bonds. The Kier molecular flexibility index (Phi) is 6.15. The van der Waals surface area contributed by atoms with Gasteiger partial charge in [0, 0.05) is 32.1 Å². The first-order chi connectivity index (χ1) is 9.08. The first kappa shape index (κ1) is 15.3. The highest BCUT2D eigenvalue weighted by molar-refractivity contribution is 5.72.